The normalized spacial score (nSPS) is 30.7. The first-order valence-electron chi connectivity index (χ1n) is 6.92. The van der Waals surface area contributed by atoms with Gasteiger partial charge in [0, 0.05) is 25.2 Å². The van der Waals surface area contributed by atoms with E-state index < -0.39 is 5.97 Å². The van der Waals surface area contributed by atoms with Crippen molar-refractivity contribution < 1.29 is 14.7 Å². The second-order valence-electron chi connectivity index (χ2n) is 5.77. The van der Waals surface area contributed by atoms with E-state index in [9.17, 15) is 9.59 Å². The number of carboxylic acid groups (broad SMARTS) is 1. The van der Waals surface area contributed by atoms with E-state index in [1.54, 1.807) is 0 Å². The molecule has 6 nitrogen and oxygen atoms in total. The number of hydrogen-bond donors (Lipinski definition) is 2. The highest BCUT2D eigenvalue weighted by Gasteiger charge is 2.36. The summed E-state index contributed by atoms with van der Waals surface area (Å²) in [6.07, 6.45) is 5.62. The quantitative estimate of drug-likeness (QED) is 0.792. The van der Waals surface area contributed by atoms with Crippen LogP contribution in [0.3, 0.4) is 0 Å². The fourth-order valence-corrected chi connectivity index (χ4v) is 3.29. The van der Waals surface area contributed by atoms with Gasteiger partial charge in [-0.1, -0.05) is 6.42 Å². The summed E-state index contributed by atoms with van der Waals surface area (Å²) in [6, 6.07) is 1.01. The van der Waals surface area contributed by atoms with Crippen molar-refractivity contribution in [2.75, 3.05) is 20.6 Å². The number of fused-ring (bicyclic) bond motifs is 2. The van der Waals surface area contributed by atoms with E-state index in [2.05, 4.69) is 17.3 Å². The van der Waals surface area contributed by atoms with Gasteiger partial charge in [-0.25, -0.2) is 4.79 Å². The standard InChI is InChI=1S/C13H23N3O3/c1-15(8-12(17)18)13(19)14-9-6-10-4-3-5-11(7-9)16(10)2/h9-11H,3-8H2,1-2H3,(H,14,19)(H,17,18). The lowest BCUT2D eigenvalue weighted by atomic mass is 9.82. The van der Waals surface area contributed by atoms with Gasteiger partial charge in [0.05, 0.1) is 0 Å². The van der Waals surface area contributed by atoms with Crippen molar-refractivity contribution in [2.45, 2.75) is 50.2 Å². The number of urea groups is 1. The van der Waals surface area contributed by atoms with Gasteiger partial charge in [0.1, 0.15) is 6.54 Å². The van der Waals surface area contributed by atoms with Gasteiger partial charge in [0.15, 0.2) is 0 Å². The molecule has 19 heavy (non-hydrogen) atoms. The maximum Gasteiger partial charge on any atom is 0.323 e. The SMILES string of the molecule is CN(CC(=O)O)C(=O)NC1CC2CCCC(C1)N2C. The highest BCUT2D eigenvalue weighted by atomic mass is 16.4. The van der Waals surface area contributed by atoms with E-state index in [4.69, 9.17) is 5.11 Å². The van der Waals surface area contributed by atoms with E-state index in [-0.39, 0.29) is 18.6 Å². The molecule has 2 amide bonds. The zero-order chi connectivity index (χ0) is 14.0. The number of piperidine rings is 2. The minimum absolute atomic E-state index is 0.176. The summed E-state index contributed by atoms with van der Waals surface area (Å²) in [4.78, 5) is 26.1. The van der Waals surface area contributed by atoms with Gasteiger partial charge in [-0.3, -0.25) is 4.79 Å². The van der Waals surface area contributed by atoms with E-state index in [1.165, 1.54) is 31.2 Å². The number of aliphatic carboxylic acids is 1. The van der Waals surface area contributed by atoms with E-state index in [0.717, 1.165) is 12.8 Å². The number of nitrogens with zero attached hydrogens (tertiary/aromatic N) is 2. The topological polar surface area (TPSA) is 72.9 Å². The van der Waals surface area contributed by atoms with Gasteiger partial charge in [-0.05, 0) is 32.7 Å². The van der Waals surface area contributed by atoms with Crippen molar-refractivity contribution in [2.24, 2.45) is 0 Å². The number of amides is 2. The van der Waals surface area contributed by atoms with Crippen LogP contribution >= 0.6 is 0 Å². The predicted octanol–water partition coefficient (Wildman–Crippen LogP) is 0.728. The van der Waals surface area contributed by atoms with Crippen molar-refractivity contribution in [3.05, 3.63) is 0 Å². The minimum atomic E-state index is -0.988. The number of carbonyl (C=O) groups excluding carboxylic acids is 1. The molecular weight excluding hydrogens is 246 g/mol. The maximum atomic E-state index is 11.9. The molecule has 0 spiro atoms. The molecule has 2 heterocycles. The van der Waals surface area contributed by atoms with E-state index in [0.29, 0.717) is 12.1 Å². The number of carbonyl (C=O) groups is 2. The molecule has 2 unspecified atom stereocenters. The first-order chi connectivity index (χ1) is 8.97. The average molecular weight is 269 g/mol. The number of carboxylic acids is 1. The van der Waals surface area contributed by atoms with Gasteiger partial charge >= 0.3 is 12.0 Å². The fourth-order valence-electron chi connectivity index (χ4n) is 3.29. The molecule has 2 bridgehead atoms. The molecule has 0 aliphatic carbocycles. The van der Waals surface area contributed by atoms with Crippen LogP contribution in [-0.2, 0) is 4.79 Å². The third-order valence-electron chi connectivity index (χ3n) is 4.39. The highest BCUT2D eigenvalue weighted by Crippen LogP contribution is 2.32. The van der Waals surface area contributed by atoms with Gasteiger partial charge in [-0.15, -0.1) is 0 Å². The molecule has 108 valence electrons. The second kappa shape index (κ2) is 5.77. The molecule has 2 aliphatic rings. The van der Waals surface area contributed by atoms with Crippen molar-refractivity contribution in [3.8, 4) is 0 Å². The van der Waals surface area contributed by atoms with Gasteiger partial charge in [-0.2, -0.15) is 0 Å². The smallest absolute Gasteiger partial charge is 0.323 e. The molecule has 0 radical (unpaired) electrons. The molecule has 0 aromatic rings. The van der Waals surface area contributed by atoms with Crippen molar-refractivity contribution in [1.29, 1.82) is 0 Å². The Balaban J connectivity index is 1.86. The maximum absolute atomic E-state index is 11.9. The van der Waals surface area contributed by atoms with Crippen LogP contribution in [0.2, 0.25) is 0 Å². The third kappa shape index (κ3) is 3.37. The summed E-state index contributed by atoms with van der Waals surface area (Å²) < 4.78 is 0. The van der Waals surface area contributed by atoms with Crippen molar-refractivity contribution in [1.82, 2.24) is 15.1 Å². The third-order valence-corrected chi connectivity index (χ3v) is 4.39. The summed E-state index contributed by atoms with van der Waals surface area (Å²) in [7, 11) is 3.68. The summed E-state index contributed by atoms with van der Waals surface area (Å²) >= 11 is 0. The first kappa shape index (κ1) is 14.1. The van der Waals surface area contributed by atoms with Crippen LogP contribution in [0, 0.1) is 0 Å². The lowest BCUT2D eigenvalue weighted by Crippen LogP contribution is -2.56. The summed E-state index contributed by atoms with van der Waals surface area (Å²) in [5, 5.41) is 11.6. The average Bonchev–Trinajstić information content (AvgIpc) is 2.29. The number of rotatable bonds is 3. The number of hydrogen-bond acceptors (Lipinski definition) is 3. The van der Waals surface area contributed by atoms with Gasteiger partial charge < -0.3 is 20.2 Å². The number of likely N-dealkylation sites (N-methyl/N-ethyl adjacent to an activating group) is 1. The molecule has 0 saturated carbocycles. The molecule has 0 aromatic heterocycles. The summed E-state index contributed by atoms with van der Waals surface area (Å²) in [5.74, 6) is -0.988. The van der Waals surface area contributed by atoms with Crippen LogP contribution in [0.1, 0.15) is 32.1 Å². The predicted molar refractivity (Wildman–Crippen MR) is 71.0 cm³/mol. The molecule has 2 N–H and O–H groups in total. The molecule has 2 fully saturated rings. The zero-order valence-corrected chi connectivity index (χ0v) is 11.6. The summed E-state index contributed by atoms with van der Waals surface area (Å²) in [5.41, 5.74) is 0. The second-order valence-corrected chi connectivity index (χ2v) is 5.77. The van der Waals surface area contributed by atoms with Crippen LogP contribution in [-0.4, -0.2) is 65.7 Å². The summed E-state index contributed by atoms with van der Waals surface area (Å²) in [6.45, 7) is -0.259. The molecular formula is C13H23N3O3. The lowest BCUT2D eigenvalue weighted by Gasteiger charge is -2.47. The van der Waals surface area contributed by atoms with Crippen LogP contribution < -0.4 is 5.32 Å². The van der Waals surface area contributed by atoms with Crippen LogP contribution in [0.25, 0.3) is 0 Å². The Morgan fingerprint density at radius 3 is 2.42 bits per heavy atom. The first-order valence-corrected chi connectivity index (χ1v) is 6.92. The molecule has 2 aliphatic heterocycles. The Morgan fingerprint density at radius 2 is 1.89 bits per heavy atom. The number of nitrogens with one attached hydrogen (secondary N) is 1. The van der Waals surface area contributed by atoms with Gasteiger partial charge in [0.2, 0.25) is 0 Å². The van der Waals surface area contributed by atoms with E-state index in [1.807, 2.05) is 0 Å². The van der Waals surface area contributed by atoms with Crippen LogP contribution in [0.5, 0.6) is 0 Å². The van der Waals surface area contributed by atoms with Crippen molar-refractivity contribution in [3.63, 3.8) is 0 Å². The molecule has 2 atom stereocenters. The Labute approximate surface area is 113 Å². The zero-order valence-electron chi connectivity index (χ0n) is 11.6. The van der Waals surface area contributed by atoms with Crippen molar-refractivity contribution >= 4 is 12.0 Å². The monoisotopic (exact) mass is 269 g/mol. The molecule has 6 heteroatoms. The highest BCUT2D eigenvalue weighted by molar-refractivity contribution is 5.79. The molecule has 2 rings (SSSR count). The van der Waals surface area contributed by atoms with Gasteiger partial charge in [0.25, 0.3) is 0 Å². The van der Waals surface area contributed by atoms with E-state index >= 15 is 0 Å². The minimum Gasteiger partial charge on any atom is -0.480 e. The molecule has 0 aromatic carbocycles. The lowest BCUT2D eigenvalue weighted by molar-refractivity contribution is -0.137. The van der Waals surface area contributed by atoms with Crippen LogP contribution in [0.15, 0.2) is 0 Å². The largest absolute Gasteiger partial charge is 0.480 e. The Kier molecular flexibility index (Phi) is 4.29. The Hall–Kier alpha value is -1.30. The Morgan fingerprint density at radius 1 is 1.32 bits per heavy atom. The molecule has 2 saturated heterocycles. The Bertz CT molecular complexity index is 347. The fraction of sp³-hybridized carbons (Fsp3) is 0.846. The van der Waals surface area contributed by atoms with Crippen LogP contribution in [0.4, 0.5) is 4.79 Å².